The fraction of sp³-hybridized carbons (Fsp3) is 0.857. The first-order valence-corrected chi connectivity index (χ1v) is 3.82. The summed E-state index contributed by atoms with van der Waals surface area (Å²) in [5, 5.41) is 0. The number of rotatable bonds is 1. The second-order valence-electron chi connectivity index (χ2n) is 2.44. The summed E-state index contributed by atoms with van der Waals surface area (Å²) in [6, 6.07) is 0. The molecule has 2 saturated heterocycles. The van der Waals surface area contributed by atoms with Crippen molar-refractivity contribution in [1.29, 1.82) is 0 Å². The first kappa shape index (κ1) is 7.49. The lowest BCUT2D eigenvalue weighted by Gasteiger charge is -2.24. The van der Waals surface area contributed by atoms with Crippen LogP contribution in [0.5, 0.6) is 0 Å². The number of ether oxygens (including phenoxy) is 4. The lowest BCUT2D eigenvalue weighted by atomic mass is 10.4. The first-order chi connectivity index (χ1) is 5.47. The summed E-state index contributed by atoms with van der Waals surface area (Å²) in [4.78, 5) is 0. The second-order valence-corrected chi connectivity index (χ2v) is 2.44. The van der Waals surface area contributed by atoms with Gasteiger partial charge in [0.25, 0.3) is 6.29 Å². The number of hydrogen-bond donors (Lipinski definition) is 0. The molecule has 2 aliphatic rings. The maximum absolute atomic E-state index is 5.21. The van der Waals surface area contributed by atoms with Gasteiger partial charge in [0.1, 0.15) is 0 Å². The summed E-state index contributed by atoms with van der Waals surface area (Å²) in [6.07, 6.45) is 1.06. The Morgan fingerprint density at radius 1 is 0.909 bits per heavy atom. The quantitative estimate of drug-likeness (QED) is 0.551. The van der Waals surface area contributed by atoms with Gasteiger partial charge >= 0.3 is 0 Å². The van der Waals surface area contributed by atoms with E-state index in [2.05, 4.69) is 0 Å². The smallest absolute Gasteiger partial charge is 0.282 e. The van der Waals surface area contributed by atoms with Gasteiger partial charge in [-0.25, -0.2) is 0 Å². The molecule has 0 N–H and O–H groups in total. The average Bonchev–Trinajstić information content (AvgIpc) is 2.58. The third kappa shape index (κ3) is 1.70. The van der Waals surface area contributed by atoms with Crippen LogP contribution >= 0.6 is 0 Å². The highest BCUT2D eigenvalue weighted by Gasteiger charge is 2.32. The Hall–Kier alpha value is -0.160. The predicted octanol–water partition coefficient (Wildman–Crippen LogP) is 0.286. The Morgan fingerprint density at radius 2 is 1.55 bits per heavy atom. The van der Waals surface area contributed by atoms with E-state index in [4.69, 9.17) is 18.9 Å². The van der Waals surface area contributed by atoms with Gasteiger partial charge in [0.15, 0.2) is 0 Å². The van der Waals surface area contributed by atoms with Gasteiger partial charge in [-0.15, -0.1) is 0 Å². The van der Waals surface area contributed by atoms with Crippen molar-refractivity contribution in [2.75, 3.05) is 26.4 Å². The Kier molecular flexibility index (Phi) is 2.38. The molecule has 4 nitrogen and oxygen atoms in total. The van der Waals surface area contributed by atoms with Crippen molar-refractivity contribution < 1.29 is 18.9 Å². The molecule has 4 heteroatoms. The molecule has 2 fully saturated rings. The van der Waals surface area contributed by atoms with E-state index in [1.165, 1.54) is 0 Å². The minimum absolute atomic E-state index is 0.379. The Bertz CT molecular complexity index is 116. The third-order valence-electron chi connectivity index (χ3n) is 1.59. The van der Waals surface area contributed by atoms with Crippen LogP contribution in [0.3, 0.4) is 0 Å². The van der Waals surface area contributed by atoms with Crippen molar-refractivity contribution in [3.05, 3.63) is 6.29 Å². The molecule has 63 valence electrons. The molecule has 2 rings (SSSR count). The molecule has 11 heavy (non-hydrogen) atoms. The molecule has 2 aliphatic heterocycles. The van der Waals surface area contributed by atoms with E-state index in [9.17, 15) is 0 Å². The summed E-state index contributed by atoms with van der Waals surface area (Å²) < 4.78 is 20.8. The van der Waals surface area contributed by atoms with E-state index in [-0.39, 0.29) is 6.29 Å². The largest absolute Gasteiger partial charge is 0.345 e. The summed E-state index contributed by atoms with van der Waals surface area (Å²) in [7, 11) is 0. The molecule has 0 aromatic heterocycles. The van der Waals surface area contributed by atoms with E-state index >= 15 is 0 Å². The van der Waals surface area contributed by atoms with Crippen molar-refractivity contribution >= 4 is 0 Å². The summed E-state index contributed by atoms with van der Waals surface area (Å²) in [5.74, 6) is 0. The van der Waals surface area contributed by atoms with Gasteiger partial charge in [-0.1, -0.05) is 0 Å². The van der Waals surface area contributed by atoms with Gasteiger partial charge in [-0.2, -0.15) is 0 Å². The zero-order valence-electron chi connectivity index (χ0n) is 6.25. The number of hydrogen-bond acceptors (Lipinski definition) is 4. The molecule has 0 amide bonds. The predicted molar refractivity (Wildman–Crippen MR) is 35.5 cm³/mol. The molecule has 0 bridgehead atoms. The minimum Gasteiger partial charge on any atom is -0.345 e. The van der Waals surface area contributed by atoms with Crippen LogP contribution in [0, 0.1) is 6.29 Å². The van der Waals surface area contributed by atoms with Gasteiger partial charge in [0.2, 0.25) is 6.29 Å². The molecule has 0 unspecified atom stereocenters. The van der Waals surface area contributed by atoms with Crippen molar-refractivity contribution in [3.63, 3.8) is 0 Å². The Balaban J connectivity index is 1.82. The first-order valence-electron chi connectivity index (χ1n) is 3.82. The van der Waals surface area contributed by atoms with Crippen LogP contribution in [0.4, 0.5) is 0 Å². The van der Waals surface area contributed by atoms with Crippen LogP contribution < -0.4 is 0 Å². The monoisotopic (exact) mass is 159 g/mol. The van der Waals surface area contributed by atoms with Crippen molar-refractivity contribution in [1.82, 2.24) is 0 Å². The highest BCUT2D eigenvalue weighted by molar-refractivity contribution is 4.76. The van der Waals surface area contributed by atoms with Gasteiger partial charge in [-0.05, 0) is 6.42 Å². The molecule has 0 aliphatic carbocycles. The molecular formula is C7H11O4. The highest BCUT2D eigenvalue weighted by Crippen LogP contribution is 2.22. The normalized spacial score (nSPS) is 29.5. The summed E-state index contributed by atoms with van der Waals surface area (Å²) in [6.45, 7) is 2.67. The van der Waals surface area contributed by atoms with E-state index in [0.29, 0.717) is 32.7 Å². The minimum atomic E-state index is -0.379. The molecule has 0 aromatic carbocycles. The molecule has 0 aromatic rings. The zero-order chi connectivity index (χ0) is 7.52. The van der Waals surface area contributed by atoms with Crippen LogP contribution in [0.2, 0.25) is 0 Å². The van der Waals surface area contributed by atoms with E-state index in [0.717, 1.165) is 6.42 Å². The third-order valence-corrected chi connectivity index (χ3v) is 1.59. The van der Waals surface area contributed by atoms with Crippen LogP contribution in [-0.2, 0) is 18.9 Å². The zero-order valence-corrected chi connectivity index (χ0v) is 6.25. The van der Waals surface area contributed by atoms with Crippen molar-refractivity contribution in [2.24, 2.45) is 0 Å². The van der Waals surface area contributed by atoms with Gasteiger partial charge in [0, 0.05) is 0 Å². The van der Waals surface area contributed by atoms with Crippen LogP contribution in [0.15, 0.2) is 0 Å². The van der Waals surface area contributed by atoms with Crippen molar-refractivity contribution in [2.45, 2.75) is 12.7 Å². The van der Waals surface area contributed by atoms with Crippen molar-refractivity contribution in [3.8, 4) is 0 Å². The maximum Gasteiger partial charge on any atom is 0.282 e. The Labute approximate surface area is 65.4 Å². The molecule has 0 atom stereocenters. The summed E-state index contributed by atoms with van der Waals surface area (Å²) in [5.41, 5.74) is 0. The molecule has 1 radical (unpaired) electrons. The van der Waals surface area contributed by atoms with Crippen LogP contribution in [0.1, 0.15) is 6.42 Å². The second kappa shape index (κ2) is 3.49. The van der Waals surface area contributed by atoms with Gasteiger partial charge in [-0.3, -0.25) is 0 Å². The fourth-order valence-electron chi connectivity index (χ4n) is 1.08. The SMILES string of the molecule is C1CO[C](C2OCCO2)OC1. The molecule has 0 spiro atoms. The lowest BCUT2D eigenvalue weighted by Crippen LogP contribution is -2.29. The lowest BCUT2D eigenvalue weighted by molar-refractivity contribution is -0.194. The van der Waals surface area contributed by atoms with Crippen LogP contribution in [0.25, 0.3) is 0 Å². The maximum atomic E-state index is 5.21. The molecule has 2 heterocycles. The average molecular weight is 159 g/mol. The molecule has 0 saturated carbocycles. The van der Waals surface area contributed by atoms with E-state index in [1.807, 2.05) is 0 Å². The molecular weight excluding hydrogens is 148 g/mol. The van der Waals surface area contributed by atoms with E-state index in [1.54, 1.807) is 0 Å². The fourth-order valence-corrected chi connectivity index (χ4v) is 1.08. The van der Waals surface area contributed by atoms with Gasteiger partial charge < -0.3 is 18.9 Å². The van der Waals surface area contributed by atoms with E-state index < -0.39 is 0 Å². The standard InChI is InChI=1S/C7H11O4/c1-2-8-6(9-3-1)7-10-4-5-11-7/h7H,1-5H2. The topological polar surface area (TPSA) is 36.9 Å². The Morgan fingerprint density at radius 3 is 2.18 bits per heavy atom. The highest BCUT2D eigenvalue weighted by atomic mass is 16.8. The van der Waals surface area contributed by atoms with Crippen LogP contribution in [-0.4, -0.2) is 32.7 Å². The summed E-state index contributed by atoms with van der Waals surface area (Å²) >= 11 is 0. The van der Waals surface area contributed by atoms with Gasteiger partial charge in [0.05, 0.1) is 26.4 Å².